The minimum atomic E-state index is -0.811. The minimum Gasteiger partial charge on any atom is -0.352 e. The van der Waals surface area contributed by atoms with E-state index in [4.69, 9.17) is 23.2 Å². The summed E-state index contributed by atoms with van der Waals surface area (Å²) in [4.78, 5) is 54.3. The second-order valence-corrected chi connectivity index (χ2v) is 9.06. The van der Waals surface area contributed by atoms with E-state index in [2.05, 4.69) is 15.6 Å². The van der Waals surface area contributed by atoms with Crippen LogP contribution in [0.25, 0.3) is 10.9 Å². The number of imide groups is 1. The molecule has 3 atom stereocenters. The fourth-order valence-electron chi connectivity index (χ4n) is 4.10. The Kier molecular flexibility index (Phi) is 6.67. The van der Waals surface area contributed by atoms with E-state index in [1.807, 2.05) is 0 Å². The van der Waals surface area contributed by atoms with Crippen LogP contribution in [0.4, 0.5) is 0 Å². The molecule has 1 fully saturated rings. The average molecular weight is 489 g/mol. The molecule has 0 radical (unpaired) electrons. The first kappa shape index (κ1) is 23.2. The summed E-state index contributed by atoms with van der Waals surface area (Å²) < 4.78 is 1.33. The highest BCUT2D eigenvalue weighted by molar-refractivity contribution is 6.32. The largest absolute Gasteiger partial charge is 0.352 e. The molecule has 10 heteroatoms. The molecule has 4 rings (SSSR count). The SMILES string of the molecule is Cc1nc2cccc(CNC(=O)CC3=CC(Cl)C(Cl)C=C3)c2c(=O)n1C1CCC(=O)NC1=O. The van der Waals surface area contributed by atoms with Gasteiger partial charge in [0, 0.05) is 13.0 Å². The Bertz CT molecular complexity index is 1270. The first-order valence-electron chi connectivity index (χ1n) is 10.5. The highest BCUT2D eigenvalue weighted by Crippen LogP contribution is 2.23. The molecule has 2 aliphatic rings. The van der Waals surface area contributed by atoms with Crippen molar-refractivity contribution in [1.82, 2.24) is 20.2 Å². The van der Waals surface area contributed by atoms with Crippen molar-refractivity contribution in [1.29, 1.82) is 0 Å². The van der Waals surface area contributed by atoms with E-state index < -0.39 is 11.9 Å². The molecular weight excluding hydrogens is 467 g/mol. The van der Waals surface area contributed by atoms with E-state index in [-0.39, 0.29) is 53.9 Å². The van der Waals surface area contributed by atoms with E-state index in [9.17, 15) is 19.2 Å². The summed E-state index contributed by atoms with van der Waals surface area (Å²) in [6.45, 7) is 1.77. The number of rotatable bonds is 5. The van der Waals surface area contributed by atoms with Gasteiger partial charge in [-0.15, -0.1) is 23.2 Å². The number of nitrogens with one attached hydrogen (secondary N) is 2. The molecule has 1 aromatic heterocycles. The van der Waals surface area contributed by atoms with Gasteiger partial charge in [-0.1, -0.05) is 30.4 Å². The molecule has 8 nitrogen and oxygen atoms in total. The molecule has 0 bridgehead atoms. The number of piperidine rings is 1. The number of hydrogen-bond acceptors (Lipinski definition) is 5. The Morgan fingerprint density at radius 3 is 2.76 bits per heavy atom. The molecule has 2 aromatic rings. The van der Waals surface area contributed by atoms with Crippen molar-refractivity contribution in [3.63, 3.8) is 0 Å². The summed E-state index contributed by atoms with van der Waals surface area (Å²) in [5.41, 5.74) is 1.44. The predicted molar refractivity (Wildman–Crippen MR) is 125 cm³/mol. The average Bonchev–Trinajstić information content (AvgIpc) is 2.76. The molecule has 2 heterocycles. The fourth-order valence-corrected chi connectivity index (χ4v) is 4.49. The topological polar surface area (TPSA) is 110 Å². The molecular formula is C23H22Cl2N4O4. The van der Waals surface area contributed by atoms with Gasteiger partial charge in [-0.2, -0.15) is 0 Å². The molecule has 2 N–H and O–H groups in total. The zero-order chi connectivity index (χ0) is 23.7. The highest BCUT2D eigenvalue weighted by Gasteiger charge is 2.30. The summed E-state index contributed by atoms with van der Waals surface area (Å²) in [6.07, 6.45) is 5.78. The maximum Gasteiger partial charge on any atom is 0.262 e. The van der Waals surface area contributed by atoms with Gasteiger partial charge in [-0.25, -0.2) is 4.98 Å². The third-order valence-corrected chi connectivity index (χ3v) is 6.67. The predicted octanol–water partition coefficient (Wildman–Crippen LogP) is 2.40. The lowest BCUT2D eigenvalue weighted by Crippen LogP contribution is -2.45. The Balaban J connectivity index is 1.58. The van der Waals surface area contributed by atoms with Gasteiger partial charge >= 0.3 is 0 Å². The number of aromatic nitrogens is 2. The van der Waals surface area contributed by atoms with Gasteiger partial charge in [0.05, 0.1) is 28.1 Å². The summed E-state index contributed by atoms with van der Waals surface area (Å²) in [6, 6.07) is 4.40. The molecule has 172 valence electrons. The molecule has 1 aliphatic carbocycles. The van der Waals surface area contributed by atoms with Crippen molar-refractivity contribution in [2.24, 2.45) is 0 Å². The smallest absolute Gasteiger partial charge is 0.262 e. The van der Waals surface area contributed by atoms with Crippen molar-refractivity contribution in [3.05, 3.63) is 63.7 Å². The number of carbonyl (C=O) groups excluding carboxylic acids is 3. The standard InChI is InChI=1S/C23H22Cl2N4O4/c1-12-27-17-4-2-3-14(11-26-20(31)10-13-5-6-15(24)16(25)9-13)21(17)23(33)29(12)18-7-8-19(30)28-22(18)32/h2-6,9,15-16,18H,7-8,10-11H2,1H3,(H,26,31)(H,28,30,32). The number of carbonyl (C=O) groups is 3. The zero-order valence-corrected chi connectivity index (χ0v) is 19.3. The lowest BCUT2D eigenvalue weighted by molar-refractivity contribution is -0.135. The number of fused-ring (bicyclic) bond motifs is 1. The van der Waals surface area contributed by atoms with Gasteiger partial charge in [0.25, 0.3) is 5.56 Å². The third kappa shape index (κ3) is 4.86. The monoisotopic (exact) mass is 488 g/mol. The Hall–Kier alpha value is -2.97. The molecule has 1 saturated heterocycles. The van der Waals surface area contributed by atoms with Crippen LogP contribution in [-0.2, 0) is 20.9 Å². The number of amides is 3. The van der Waals surface area contributed by atoms with Crippen LogP contribution in [0.3, 0.4) is 0 Å². The first-order valence-corrected chi connectivity index (χ1v) is 11.4. The summed E-state index contributed by atoms with van der Waals surface area (Å²) in [5.74, 6) is -0.726. The lowest BCUT2D eigenvalue weighted by atomic mass is 10.0. The molecule has 0 spiro atoms. The fraction of sp³-hybridized carbons (Fsp3) is 0.348. The highest BCUT2D eigenvalue weighted by atomic mass is 35.5. The van der Waals surface area contributed by atoms with Crippen LogP contribution in [0.1, 0.15) is 36.7 Å². The number of benzene rings is 1. The van der Waals surface area contributed by atoms with Crippen LogP contribution in [0.5, 0.6) is 0 Å². The number of allylic oxidation sites excluding steroid dienone is 3. The van der Waals surface area contributed by atoms with Gasteiger partial charge in [-0.05, 0) is 30.5 Å². The van der Waals surface area contributed by atoms with Gasteiger partial charge in [0.2, 0.25) is 17.7 Å². The van der Waals surface area contributed by atoms with E-state index >= 15 is 0 Å². The van der Waals surface area contributed by atoms with Crippen LogP contribution in [0.2, 0.25) is 0 Å². The Morgan fingerprint density at radius 2 is 2.03 bits per heavy atom. The van der Waals surface area contributed by atoms with Crippen LogP contribution >= 0.6 is 23.2 Å². The van der Waals surface area contributed by atoms with Gasteiger partial charge in [0.1, 0.15) is 11.9 Å². The minimum absolute atomic E-state index is 0.116. The van der Waals surface area contributed by atoms with Crippen LogP contribution < -0.4 is 16.2 Å². The van der Waals surface area contributed by atoms with Crippen molar-refractivity contribution in [2.45, 2.75) is 49.5 Å². The van der Waals surface area contributed by atoms with E-state index in [1.165, 1.54) is 4.57 Å². The van der Waals surface area contributed by atoms with E-state index in [1.54, 1.807) is 43.4 Å². The summed E-state index contributed by atoms with van der Waals surface area (Å²) in [7, 11) is 0. The normalized spacial score (nSPS) is 22.8. The van der Waals surface area contributed by atoms with Gasteiger partial charge in [0.15, 0.2) is 0 Å². The van der Waals surface area contributed by atoms with Crippen LogP contribution in [0, 0.1) is 6.92 Å². The Morgan fingerprint density at radius 1 is 1.24 bits per heavy atom. The van der Waals surface area contributed by atoms with E-state index in [0.29, 0.717) is 22.3 Å². The lowest BCUT2D eigenvalue weighted by Gasteiger charge is -2.24. The quantitative estimate of drug-likeness (QED) is 0.495. The summed E-state index contributed by atoms with van der Waals surface area (Å²) >= 11 is 12.2. The van der Waals surface area contributed by atoms with Crippen molar-refractivity contribution in [2.75, 3.05) is 0 Å². The number of hydrogen-bond donors (Lipinski definition) is 2. The maximum atomic E-state index is 13.4. The Labute approximate surface area is 199 Å². The van der Waals surface area contributed by atoms with Crippen LogP contribution in [-0.4, -0.2) is 38.0 Å². The number of halogens is 2. The van der Waals surface area contributed by atoms with Gasteiger partial charge in [-0.3, -0.25) is 29.1 Å². The molecule has 3 amide bonds. The molecule has 33 heavy (non-hydrogen) atoms. The third-order valence-electron chi connectivity index (χ3n) is 5.73. The second kappa shape index (κ2) is 9.49. The van der Waals surface area contributed by atoms with Crippen molar-refractivity contribution in [3.8, 4) is 0 Å². The second-order valence-electron chi connectivity index (χ2n) is 8.06. The molecule has 3 unspecified atom stereocenters. The molecule has 1 aromatic carbocycles. The number of alkyl halides is 2. The van der Waals surface area contributed by atoms with Crippen molar-refractivity contribution < 1.29 is 14.4 Å². The molecule has 1 aliphatic heterocycles. The maximum absolute atomic E-state index is 13.4. The molecule has 0 saturated carbocycles. The van der Waals surface area contributed by atoms with Crippen molar-refractivity contribution >= 4 is 51.8 Å². The number of aryl methyl sites for hydroxylation is 1. The first-order chi connectivity index (χ1) is 15.7. The van der Waals surface area contributed by atoms with Gasteiger partial charge < -0.3 is 5.32 Å². The van der Waals surface area contributed by atoms with E-state index in [0.717, 1.165) is 5.57 Å². The zero-order valence-electron chi connectivity index (χ0n) is 17.8. The summed E-state index contributed by atoms with van der Waals surface area (Å²) in [5, 5.41) is 4.75. The van der Waals surface area contributed by atoms with Crippen LogP contribution in [0.15, 0.2) is 46.8 Å². The number of nitrogens with zero attached hydrogens (tertiary/aromatic N) is 2.